The highest BCUT2D eigenvalue weighted by molar-refractivity contribution is 5.78. The van der Waals surface area contributed by atoms with Crippen molar-refractivity contribution >= 4 is 11.8 Å². The molecule has 5 atom stereocenters. The highest BCUT2D eigenvalue weighted by Crippen LogP contribution is 2.26. The molecule has 0 aromatic heterocycles. The smallest absolute Gasteiger partial charge is 0.308 e. The first-order chi connectivity index (χ1) is 13.0. The Morgan fingerprint density at radius 2 is 1.81 bits per heavy atom. The second-order valence-electron chi connectivity index (χ2n) is 7.55. The topological polar surface area (TPSA) is 91.3 Å². The van der Waals surface area contributed by atoms with Gasteiger partial charge in [-0.05, 0) is 32.6 Å². The number of carbonyl (C=O) groups excluding carboxylic acids is 2. The van der Waals surface area contributed by atoms with E-state index in [0.29, 0.717) is 44.5 Å². The van der Waals surface area contributed by atoms with E-state index in [1.807, 2.05) is 0 Å². The van der Waals surface area contributed by atoms with Crippen molar-refractivity contribution in [1.29, 1.82) is 0 Å². The van der Waals surface area contributed by atoms with Crippen molar-refractivity contribution in [2.75, 3.05) is 13.7 Å². The van der Waals surface area contributed by atoms with E-state index in [1.54, 1.807) is 14.0 Å². The second-order valence-corrected chi connectivity index (χ2v) is 7.55. The van der Waals surface area contributed by atoms with Crippen LogP contribution in [-0.2, 0) is 28.5 Å². The van der Waals surface area contributed by atoms with Gasteiger partial charge in [0.05, 0.1) is 31.3 Å². The minimum Gasteiger partial charge on any atom is -0.466 e. The van der Waals surface area contributed by atoms with E-state index in [-0.39, 0.29) is 24.6 Å². The van der Waals surface area contributed by atoms with Crippen LogP contribution < -0.4 is 0 Å². The number of rotatable bonds is 3. The highest BCUT2D eigenvalue weighted by atomic mass is 16.7. The van der Waals surface area contributed by atoms with Crippen molar-refractivity contribution < 1.29 is 33.6 Å². The summed E-state index contributed by atoms with van der Waals surface area (Å²) in [5.74, 6) is 0.00974. The summed E-state index contributed by atoms with van der Waals surface area (Å²) in [5, 5.41) is 10.1. The Labute approximate surface area is 161 Å². The molecule has 1 N–H and O–H groups in total. The molecule has 0 radical (unpaired) electrons. The molecule has 2 heterocycles. The third kappa shape index (κ3) is 7.86. The molecule has 0 amide bonds. The predicted octanol–water partition coefficient (Wildman–Crippen LogP) is 2.52. The van der Waals surface area contributed by atoms with Gasteiger partial charge in [-0.3, -0.25) is 9.59 Å². The lowest BCUT2D eigenvalue weighted by Crippen LogP contribution is -2.49. The Kier molecular flexibility index (Phi) is 9.68. The largest absolute Gasteiger partial charge is 0.466 e. The summed E-state index contributed by atoms with van der Waals surface area (Å²) in [7, 11) is 1.56. The molecule has 0 aromatic rings. The standard InChI is InChI=1S/C20H34O7/c1-14-20(23)17(24-2)13-19(26-14)27-16-10-5-3-4-8-15(21)9-6-7-11-25-18(22)12-16/h14,16-17,19-20,23H,3-13H2,1-2H3/t14-,16?,17+,19+,20-/m0/s1. The van der Waals surface area contributed by atoms with Crippen molar-refractivity contribution in [3.63, 3.8) is 0 Å². The van der Waals surface area contributed by atoms with Gasteiger partial charge in [0.1, 0.15) is 11.9 Å². The monoisotopic (exact) mass is 386 g/mol. The van der Waals surface area contributed by atoms with E-state index in [0.717, 1.165) is 25.7 Å². The Balaban J connectivity index is 1.90. The first kappa shape index (κ1) is 22.3. The molecule has 27 heavy (non-hydrogen) atoms. The molecule has 0 bridgehead atoms. The van der Waals surface area contributed by atoms with Crippen molar-refractivity contribution in [1.82, 2.24) is 0 Å². The predicted molar refractivity (Wildman–Crippen MR) is 98.1 cm³/mol. The van der Waals surface area contributed by atoms with Crippen molar-refractivity contribution in [2.24, 2.45) is 0 Å². The number of esters is 1. The van der Waals surface area contributed by atoms with E-state index < -0.39 is 18.5 Å². The Bertz CT molecular complexity index is 467. The summed E-state index contributed by atoms with van der Waals surface area (Å²) in [6.07, 6.45) is 4.41. The molecule has 7 nitrogen and oxygen atoms in total. The average Bonchev–Trinajstić information content (AvgIpc) is 2.63. The first-order valence-electron chi connectivity index (χ1n) is 10.2. The van der Waals surface area contributed by atoms with E-state index in [4.69, 9.17) is 18.9 Å². The highest BCUT2D eigenvalue weighted by Gasteiger charge is 2.37. The van der Waals surface area contributed by atoms with E-state index in [9.17, 15) is 14.7 Å². The molecule has 1 unspecified atom stereocenters. The molecule has 2 aliphatic rings. The van der Waals surface area contributed by atoms with Crippen LogP contribution in [0, 0.1) is 0 Å². The average molecular weight is 386 g/mol. The van der Waals surface area contributed by atoms with Gasteiger partial charge in [0.25, 0.3) is 0 Å². The Morgan fingerprint density at radius 1 is 1.07 bits per heavy atom. The fourth-order valence-corrected chi connectivity index (χ4v) is 3.61. The molecule has 2 fully saturated rings. The Hall–Kier alpha value is -1.02. The number of carbonyl (C=O) groups is 2. The number of methoxy groups -OCH3 is 1. The maximum absolute atomic E-state index is 12.1. The number of aliphatic hydroxyl groups excluding tert-OH is 1. The van der Waals surface area contributed by atoms with E-state index >= 15 is 0 Å². The summed E-state index contributed by atoms with van der Waals surface area (Å²) in [5.41, 5.74) is 0. The molecule has 0 aromatic carbocycles. The van der Waals surface area contributed by atoms with Crippen LogP contribution in [0.25, 0.3) is 0 Å². The number of ketones is 1. The van der Waals surface area contributed by atoms with Crippen LogP contribution in [0.1, 0.15) is 71.1 Å². The van der Waals surface area contributed by atoms with Gasteiger partial charge in [0.15, 0.2) is 6.29 Å². The van der Waals surface area contributed by atoms with Gasteiger partial charge >= 0.3 is 5.97 Å². The van der Waals surface area contributed by atoms with Gasteiger partial charge in [-0.1, -0.05) is 12.8 Å². The molecule has 0 aliphatic carbocycles. The quantitative estimate of drug-likeness (QED) is 0.745. The number of Topliss-reactive ketones (excluding diaryl/α,β-unsaturated/α-hetero) is 1. The van der Waals surface area contributed by atoms with Gasteiger partial charge < -0.3 is 24.1 Å². The van der Waals surface area contributed by atoms with Crippen LogP contribution in [0.4, 0.5) is 0 Å². The summed E-state index contributed by atoms with van der Waals surface area (Å²) < 4.78 is 22.4. The van der Waals surface area contributed by atoms with E-state index in [1.165, 1.54) is 0 Å². The van der Waals surface area contributed by atoms with Gasteiger partial charge in [-0.2, -0.15) is 0 Å². The van der Waals surface area contributed by atoms with Crippen LogP contribution in [-0.4, -0.2) is 61.3 Å². The van der Waals surface area contributed by atoms with E-state index in [2.05, 4.69) is 0 Å². The summed E-state index contributed by atoms with van der Waals surface area (Å²) in [6, 6.07) is 0. The minimum atomic E-state index is -0.693. The van der Waals surface area contributed by atoms with Crippen LogP contribution in [0.5, 0.6) is 0 Å². The molecule has 0 spiro atoms. The number of hydrogen-bond donors (Lipinski definition) is 1. The Morgan fingerprint density at radius 3 is 2.56 bits per heavy atom. The van der Waals surface area contributed by atoms with Gasteiger partial charge in [0, 0.05) is 26.4 Å². The van der Waals surface area contributed by atoms with Crippen LogP contribution in [0.3, 0.4) is 0 Å². The van der Waals surface area contributed by atoms with Crippen LogP contribution in [0.15, 0.2) is 0 Å². The zero-order valence-corrected chi connectivity index (χ0v) is 16.6. The van der Waals surface area contributed by atoms with Gasteiger partial charge in [-0.25, -0.2) is 0 Å². The zero-order chi connectivity index (χ0) is 19.6. The van der Waals surface area contributed by atoms with Crippen molar-refractivity contribution in [3.05, 3.63) is 0 Å². The molecule has 2 rings (SSSR count). The molecule has 2 aliphatic heterocycles. The minimum absolute atomic E-state index is 0.188. The molecule has 7 heteroatoms. The summed E-state index contributed by atoms with van der Waals surface area (Å²) >= 11 is 0. The van der Waals surface area contributed by atoms with Crippen molar-refractivity contribution in [3.8, 4) is 0 Å². The third-order valence-electron chi connectivity index (χ3n) is 5.29. The first-order valence-corrected chi connectivity index (χ1v) is 10.2. The zero-order valence-electron chi connectivity index (χ0n) is 16.6. The summed E-state index contributed by atoms with van der Waals surface area (Å²) in [6.45, 7) is 2.12. The number of aliphatic hydroxyl groups is 1. The van der Waals surface area contributed by atoms with Gasteiger partial charge in [-0.15, -0.1) is 0 Å². The maximum Gasteiger partial charge on any atom is 0.308 e. The maximum atomic E-state index is 12.1. The van der Waals surface area contributed by atoms with Crippen LogP contribution in [0.2, 0.25) is 0 Å². The molecular formula is C20H34O7. The van der Waals surface area contributed by atoms with Gasteiger partial charge in [0.2, 0.25) is 0 Å². The second kappa shape index (κ2) is 11.7. The number of ether oxygens (including phenoxy) is 4. The SMILES string of the molecule is CO[C@@H]1C[C@@H](OC2CCCCCC(=O)CCCCOC(=O)C2)O[C@@H](C)[C@@H]1O. The fourth-order valence-electron chi connectivity index (χ4n) is 3.61. The molecule has 0 saturated carbocycles. The lowest BCUT2D eigenvalue weighted by atomic mass is 10.0. The lowest BCUT2D eigenvalue weighted by Gasteiger charge is -2.38. The fraction of sp³-hybridized carbons (Fsp3) is 0.900. The molecule has 2 saturated heterocycles. The molecular weight excluding hydrogens is 352 g/mol. The lowest BCUT2D eigenvalue weighted by molar-refractivity contribution is -0.264. The summed E-state index contributed by atoms with van der Waals surface area (Å²) in [4.78, 5) is 23.9. The van der Waals surface area contributed by atoms with Crippen molar-refractivity contribution in [2.45, 2.75) is 102 Å². The molecule has 156 valence electrons. The third-order valence-corrected chi connectivity index (χ3v) is 5.29. The number of cyclic esters (lactones) is 1. The normalized spacial score (nSPS) is 35.3. The number of hydrogen-bond acceptors (Lipinski definition) is 7. The van der Waals surface area contributed by atoms with Crippen LogP contribution >= 0.6 is 0 Å².